The lowest BCUT2D eigenvalue weighted by Crippen LogP contribution is -2.51. The summed E-state index contributed by atoms with van der Waals surface area (Å²) in [5.74, 6) is 0.0977. The monoisotopic (exact) mass is 371 g/mol. The zero-order valence-corrected chi connectivity index (χ0v) is 15.2. The van der Waals surface area contributed by atoms with Crippen LogP contribution in [0.1, 0.15) is 11.6 Å². The van der Waals surface area contributed by atoms with E-state index in [-0.39, 0.29) is 17.9 Å². The average molecular weight is 372 g/mol. The highest BCUT2D eigenvalue weighted by atomic mass is 35.5. The Bertz CT molecular complexity index is 746. The molecule has 2 atom stereocenters. The summed E-state index contributed by atoms with van der Waals surface area (Å²) in [5, 5.41) is 0.704. The van der Waals surface area contributed by atoms with Crippen molar-refractivity contribution in [1.82, 2.24) is 20.7 Å². The topological polar surface area (TPSA) is 60.5 Å². The van der Waals surface area contributed by atoms with Gasteiger partial charge in [0.2, 0.25) is 5.91 Å². The van der Waals surface area contributed by atoms with E-state index in [4.69, 9.17) is 11.6 Å². The lowest BCUT2D eigenvalue weighted by atomic mass is 9.93. The minimum atomic E-state index is -0.108. The number of amides is 1. The second-order valence-corrected chi connectivity index (χ2v) is 7.12. The summed E-state index contributed by atoms with van der Waals surface area (Å²) in [6.45, 7) is 3.80. The molecule has 6 nitrogen and oxygen atoms in total. The minimum absolute atomic E-state index is 0.0296. The number of pyridine rings is 1. The molecular weight excluding hydrogens is 350 g/mol. The normalized spacial score (nSPS) is 23.3. The molecule has 1 amide bonds. The van der Waals surface area contributed by atoms with Gasteiger partial charge in [-0.2, -0.15) is 0 Å². The molecule has 0 bridgehead atoms. The van der Waals surface area contributed by atoms with Crippen molar-refractivity contribution < 1.29 is 4.79 Å². The molecule has 2 unspecified atom stereocenters. The molecule has 4 rings (SSSR count). The fraction of sp³-hybridized carbons (Fsp3) is 0.368. The van der Waals surface area contributed by atoms with Crippen molar-refractivity contribution in [1.29, 1.82) is 0 Å². The number of aromatic nitrogens is 1. The van der Waals surface area contributed by atoms with Gasteiger partial charge in [-0.05, 0) is 29.8 Å². The molecule has 0 spiro atoms. The third-order valence-electron chi connectivity index (χ3n) is 5.15. The Hall–Kier alpha value is -2.15. The van der Waals surface area contributed by atoms with Gasteiger partial charge in [0, 0.05) is 55.8 Å². The summed E-state index contributed by atoms with van der Waals surface area (Å²) in [6.07, 6.45) is 3.61. The maximum atomic E-state index is 13.1. The largest absolute Gasteiger partial charge is 0.368 e. The van der Waals surface area contributed by atoms with Crippen LogP contribution in [-0.4, -0.2) is 48.5 Å². The molecule has 26 heavy (non-hydrogen) atoms. The number of carbonyl (C=O) groups is 1. The number of carbonyl (C=O) groups excluding carboxylic acids is 1. The van der Waals surface area contributed by atoms with Crippen molar-refractivity contribution in [3.63, 3.8) is 0 Å². The number of hydrazine groups is 1. The molecule has 2 aliphatic heterocycles. The zero-order valence-electron chi connectivity index (χ0n) is 14.4. The smallest absolute Gasteiger partial charge is 0.229 e. The maximum absolute atomic E-state index is 13.1. The van der Waals surface area contributed by atoms with Crippen LogP contribution in [0.3, 0.4) is 0 Å². The van der Waals surface area contributed by atoms with Gasteiger partial charge in [0.25, 0.3) is 0 Å². The van der Waals surface area contributed by atoms with E-state index in [1.807, 2.05) is 41.3 Å². The highest BCUT2D eigenvalue weighted by Gasteiger charge is 2.37. The summed E-state index contributed by atoms with van der Waals surface area (Å²) in [5.41, 5.74) is 8.62. The van der Waals surface area contributed by atoms with Gasteiger partial charge in [0.05, 0.1) is 12.0 Å². The number of nitrogens with zero attached hydrogens (tertiary/aromatic N) is 3. The van der Waals surface area contributed by atoms with Crippen LogP contribution < -0.4 is 15.8 Å². The van der Waals surface area contributed by atoms with Gasteiger partial charge in [0.15, 0.2) is 0 Å². The molecule has 1 aromatic carbocycles. The number of hydrogen-bond acceptors (Lipinski definition) is 5. The van der Waals surface area contributed by atoms with Crippen LogP contribution in [0, 0.1) is 5.92 Å². The van der Waals surface area contributed by atoms with Gasteiger partial charge in [-0.15, -0.1) is 0 Å². The highest BCUT2D eigenvalue weighted by Crippen LogP contribution is 2.28. The summed E-state index contributed by atoms with van der Waals surface area (Å²) < 4.78 is 0. The van der Waals surface area contributed by atoms with Crippen LogP contribution in [0.15, 0.2) is 48.8 Å². The predicted molar refractivity (Wildman–Crippen MR) is 102 cm³/mol. The Balaban J connectivity index is 1.40. The molecule has 2 N–H and O–H groups in total. The first-order valence-electron chi connectivity index (χ1n) is 8.90. The number of benzene rings is 1. The van der Waals surface area contributed by atoms with E-state index < -0.39 is 0 Å². The van der Waals surface area contributed by atoms with Crippen LogP contribution in [0.25, 0.3) is 0 Å². The molecular formula is C19H22ClN5O. The summed E-state index contributed by atoms with van der Waals surface area (Å²) in [4.78, 5) is 21.4. The Kier molecular flexibility index (Phi) is 5.06. The van der Waals surface area contributed by atoms with Gasteiger partial charge in [0.1, 0.15) is 0 Å². The third kappa shape index (κ3) is 3.53. The Morgan fingerprint density at radius 2 is 1.73 bits per heavy atom. The van der Waals surface area contributed by atoms with Crippen LogP contribution in [0.5, 0.6) is 0 Å². The van der Waals surface area contributed by atoms with E-state index in [1.165, 1.54) is 0 Å². The molecule has 1 aromatic heterocycles. The second-order valence-electron chi connectivity index (χ2n) is 6.68. The van der Waals surface area contributed by atoms with E-state index >= 15 is 0 Å². The lowest BCUT2D eigenvalue weighted by molar-refractivity contribution is -0.135. The summed E-state index contributed by atoms with van der Waals surface area (Å²) >= 11 is 5.98. The number of halogens is 1. The van der Waals surface area contributed by atoms with Gasteiger partial charge >= 0.3 is 0 Å². The maximum Gasteiger partial charge on any atom is 0.229 e. The van der Waals surface area contributed by atoms with E-state index in [1.54, 1.807) is 12.4 Å². The fourth-order valence-corrected chi connectivity index (χ4v) is 3.81. The molecule has 2 saturated heterocycles. The SMILES string of the molecule is O=C(C1CNNC1c1ccc(Cl)cc1)N1CCN(c2ccncc2)CC1. The fourth-order valence-electron chi connectivity index (χ4n) is 3.69. The van der Waals surface area contributed by atoms with Crippen LogP contribution >= 0.6 is 11.6 Å². The second kappa shape index (κ2) is 7.61. The Morgan fingerprint density at radius 1 is 1.04 bits per heavy atom. The van der Waals surface area contributed by atoms with Crippen molar-refractivity contribution in [2.75, 3.05) is 37.6 Å². The lowest BCUT2D eigenvalue weighted by Gasteiger charge is -2.37. The summed E-state index contributed by atoms with van der Waals surface area (Å²) in [6, 6.07) is 11.7. The average Bonchev–Trinajstić information content (AvgIpc) is 3.19. The molecule has 2 aliphatic rings. The highest BCUT2D eigenvalue weighted by molar-refractivity contribution is 6.30. The number of rotatable bonds is 3. The zero-order chi connectivity index (χ0) is 17.9. The predicted octanol–water partition coefficient (Wildman–Crippen LogP) is 1.85. The van der Waals surface area contributed by atoms with Crippen LogP contribution in [-0.2, 0) is 4.79 Å². The molecule has 136 valence electrons. The van der Waals surface area contributed by atoms with Crippen LogP contribution in [0.4, 0.5) is 5.69 Å². The number of piperazine rings is 1. The van der Waals surface area contributed by atoms with Crippen molar-refractivity contribution >= 4 is 23.2 Å². The molecule has 3 heterocycles. The first-order chi connectivity index (χ1) is 12.7. The molecule has 0 saturated carbocycles. The Labute approximate surface area is 158 Å². The van der Waals surface area contributed by atoms with Gasteiger partial charge in [-0.25, -0.2) is 5.43 Å². The van der Waals surface area contributed by atoms with Gasteiger partial charge in [-0.3, -0.25) is 15.2 Å². The van der Waals surface area contributed by atoms with Gasteiger partial charge in [-0.1, -0.05) is 23.7 Å². The molecule has 0 radical (unpaired) electrons. The quantitative estimate of drug-likeness (QED) is 0.862. The minimum Gasteiger partial charge on any atom is -0.368 e. The van der Waals surface area contributed by atoms with E-state index in [2.05, 4.69) is 20.7 Å². The van der Waals surface area contributed by atoms with Gasteiger partial charge < -0.3 is 9.80 Å². The van der Waals surface area contributed by atoms with Crippen molar-refractivity contribution in [2.24, 2.45) is 5.92 Å². The number of hydrogen-bond donors (Lipinski definition) is 2. The van der Waals surface area contributed by atoms with E-state index in [0.29, 0.717) is 11.6 Å². The van der Waals surface area contributed by atoms with Crippen molar-refractivity contribution in [2.45, 2.75) is 6.04 Å². The molecule has 2 aromatic rings. The third-order valence-corrected chi connectivity index (χ3v) is 5.40. The van der Waals surface area contributed by atoms with Crippen molar-refractivity contribution in [3.05, 3.63) is 59.4 Å². The van der Waals surface area contributed by atoms with Crippen LogP contribution in [0.2, 0.25) is 5.02 Å². The van der Waals surface area contributed by atoms with Crippen molar-refractivity contribution in [3.8, 4) is 0 Å². The standard InChI is InChI=1S/C19H22ClN5O/c20-15-3-1-14(2-4-15)18-17(13-22-23-18)19(26)25-11-9-24(10-12-25)16-5-7-21-8-6-16/h1-8,17-18,22-23H,9-13H2. The first kappa shape index (κ1) is 17.3. The van der Waals surface area contributed by atoms with E-state index in [9.17, 15) is 4.79 Å². The van der Waals surface area contributed by atoms with E-state index in [0.717, 1.165) is 37.4 Å². The molecule has 7 heteroatoms. The number of anilines is 1. The summed E-state index contributed by atoms with van der Waals surface area (Å²) in [7, 11) is 0. The molecule has 2 fully saturated rings. The first-order valence-corrected chi connectivity index (χ1v) is 9.28. The molecule has 0 aliphatic carbocycles. The Morgan fingerprint density at radius 3 is 2.42 bits per heavy atom. The number of nitrogens with one attached hydrogen (secondary N) is 2.